The summed E-state index contributed by atoms with van der Waals surface area (Å²) >= 11 is 0. The number of rotatable bonds is 6. The van der Waals surface area contributed by atoms with Gasteiger partial charge in [0.05, 0.1) is 17.9 Å². The van der Waals surface area contributed by atoms with Crippen LogP contribution in [0, 0.1) is 27.7 Å². The minimum atomic E-state index is 0.367. The van der Waals surface area contributed by atoms with Crippen LogP contribution >= 0.6 is 0 Å². The molecule has 0 amide bonds. The van der Waals surface area contributed by atoms with Gasteiger partial charge < -0.3 is 5.32 Å². The molecular weight excluding hydrogens is 262 g/mol. The second kappa shape index (κ2) is 6.43. The van der Waals surface area contributed by atoms with E-state index in [-0.39, 0.29) is 0 Å². The van der Waals surface area contributed by atoms with Crippen molar-refractivity contribution in [1.82, 2.24) is 24.9 Å². The monoisotopic (exact) mass is 289 g/mol. The maximum atomic E-state index is 4.57. The van der Waals surface area contributed by atoms with Crippen molar-refractivity contribution in [3.05, 3.63) is 34.4 Å². The fourth-order valence-corrected chi connectivity index (χ4v) is 2.76. The summed E-state index contributed by atoms with van der Waals surface area (Å²) in [5.74, 6) is 0. The normalized spacial score (nSPS) is 12.9. The smallest absolute Gasteiger partial charge is 0.0641 e. The number of hydrogen-bond acceptors (Lipinski definition) is 3. The topological polar surface area (TPSA) is 47.7 Å². The molecule has 0 spiro atoms. The minimum Gasteiger partial charge on any atom is -0.308 e. The molecule has 0 aliphatic heterocycles. The summed E-state index contributed by atoms with van der Waals surface area (Å²) in [4.78, 5) is 0. The van der Waals surface area contributed by atoms with E-state index in [1.165, 1.54) is 17.0 Å². The van der Waals surface area contributed by atoms with Gasteiger partial charge in [0.25, 0.3) is 0 Å². The van der Waals surface area contributed by atoms with E-state index in [2.05, 4.69) is 65.6 Å². The molecule has 5 nitrogen and oxygen atoms in total. The number of aromatic nitrogens is 4. The molecule has 2 rings (SSSR count). The van der Waals surface area contributed by atoms with Crippen molar-refractivity contribution in [3.8, 4) is 0 Å². The summed E-state index contributed by atoms with van der Waals surface area (Å²) in [6.07, 6.45) is 0. The van der Waals surface area contributed by atoms with Gasteiger partial charge in [0.2, 0.25) is 0 Å². The molecule has 21 heavy (non-hydrogen) atoms. The van der Waals surface area contributed by atoms with Crippen LogP contribution in [0.1, 0.15) is 42.2 Å². The van der Waals surface area contributed by atoms with Gasteiger partial charge in [0.1, 0.15) is 0 Å². The van der Waals surface area contributed by atoms with E-state index >= 15 is 0 Å². The zero-order valence-electron chi connectivity index (χ0n) is 14.1. The molecule has 0 aromatic carbocycles. The largest absolute Gasteiger partial charge is 0.308 e. The van der Waals surface area contributed by atoms with Gasteiger partial charge in [0, 0.05) is 36.1 Å². The second-order valence-corrected chi connectivity index (χ2v) is 5.86. The van der Waals surface area contributed by atoms with E-state index in [1.807, 2.05) is 6.92 Å². The second-order valence-electron chi connectivity index (χ2n) is 5.86. The molecule has 0 radical (unpaired) electrons. The average Bonchev–Trinajstić information content (AvgIpc) is 2.87. The number of aryl methyl sites for hydroxylation is 4. The van der Waals surface area contributed by atoms with Crippen molar-refractivity contribution >= 4 is 0 Å². The highest BCUT2D eigenvalue weighted by Crippen LogP contribution is 2.13. The zero-order valence-corrected chi connectivity index (χ0v) is 14.1. The van der Waals surface area contributed by atoms with Crippen molar-refractivity contribution in [2.45, 2.75) is 67.2 Å². The predicted molar refractivity (Wildman–Crippen MR) is 85.4 cm³/mol. The average molecular weight is 289 g/mol. The Morgan fingerprint density at radius 2 is 1.86 bits per heavy atom. The lowest BCUT2D eigenvalue weighted by molar-refractivity contribution is 0.443. The lowest BCUT2D eigenvalue weighted by Crippen LogP contribution is -2.31. The molecule has 0 saturated heterocycles. The van der Waals surface area contributed by atoms with E-state index in [0.717, 1.165) is 31.0 Å². The number of hydrogen-bond donors (Lipinski definition) is 1. The Kier molecular flexibility index (Phi) is 4.83. The van der Waals surface area contributed by atoms with Crippen molar-refractivity contribution in [2.24, 2.45) is 0 Å². The van der Waals surface area contributed by atoms with E-state index in [0.29, 0.717) is 6.04 Å². The Hall–Kier alpha value is -1.62. The maximum absolute atomic E-state index is 4.57. The van der Waals surface area contributed by atoms with E-state index in [9.17, 15) is 0 Å². The van der Waals surface area contributed by atoms with Crippen molar-refractivity contribution in [1.29, 1.82) is 0 Å². The van der Waals surface area contributed by atoms with Crippen LogP contribution in [0.5, 0.6) is 0 Å². The molecule has 116 valence electrons. The molecule has 1 atom stereocenters. The quantitative estimate of drug-likeness (QED) is 0.889. The molecule has 1 N–H and O–H groups in total. The van der Waals surface area contributed by atoms with Gasteiger partial charge in [-0.3, -0.25) is 9.36 Å². The van der Waals surface area contributed by atoms with Crippen LogP contribution in [-0.4, -0.2) is 25.6 Å². The molecule has 2 heterocycles. The van der Waals surface area contributed by atoms with Crippen molar-refractivity contribution < 1.29 is 0 Å². The predicted octanol–water partition coefficient (Wildman–Crippen LogP) is 2.51. The van der Waals surface area contributed by atoms with Gasteiger partial charge >= 0.3 is 0 Å². The SMILES string of the molecule is CCn1nc(C)c(CN[C@@H](C)Cn2nc(C)cc2C)c1C. The molecular formula is C16H27N5. The van der Waals surface area contributed by atoms with Crippen LogP contribution in [-0.2, 0) is 19.6 Å². The Morgan fingerprint density at radius 1 is 1.14 bits per heavy atom. The molecule has 0 unspecified atom stereocenters. The molecule has 2 aromatic heterocycles. The summed E-state index contributed by atoms with van der Waals surface area (Å²) in [7, 11) is 0. The Balaban J connectivity index is 1.97. The highest BCUT2D eigenvalue weighted by Gasteiger charge is 2.12. The van der Waals surface area contributed by atoms with Crippen molar-refractivity contribution in [2.75, 3.05) is 0 Å². The van der Waals surface area contributed by atoms with E-state index < -0.39 is 0 Å². The number of nitrogens with one attached hydrogen (secondary N) is 1. The van der Waals surface area contributed by atoms with Crippen LogP contribution in [0.4, 0.5) is 0 Å². The molecule has 0 bridgehead atoms. The van der Waals surface area contributed by atoms with Gasteiger partial charge in [-0.2, -0.15) is 10.2 Å². The summed E-state index contributed by atoms with van der Waals surface area (Å²) in [5.41, 5.74) is 6.00. The molecule has 5 heteroatoms. The van der Waals surface area contributed by atoms with Crippen LogP contribution in [0.15, 0.2) is 6.07 Å². The van der Waals surface area contributed by atoms with Gasteiger partial charge in [-0.15, -0.1) is 0 Å². The van der Waals surface area contributed by atoms with E-state index in [4.69, 9.17) is 0 Å². The standard InChI is InChI=1S/C16H27N5/c1-7-20-15(6)16(14(5)19-20)9-17-12(3)10-21-13(4)8-11(2)18-21/h8,12,17H,7,9-10H2,1-6H3/t12-/m0/s1. The third-order valence-corrected chi connectivity index (χ3v) is 4.01. The molecule has 0 aliphatic carbocycles. The fourth-order valence-electron chi connectivity index (χ4n) is 2.76. The first-order valence-corrected chi connectivity index (χ1v) is 7.69. The first-order valence-electron chi connectivity index (χ1n) is 7.69. The first-order chi connectivity index (χ1) is 9.92. The van der Waals surface area contributed by atoms with Crippen LogP contribution in [0.25, 0.3) is 0 Å². The first kappa shape index (κ1) is 15.8. The van der Waals surface area contributed by atoms with Gasteiger partial charge in [0.15, 0.2) is 0 Å². The Bertz CT molecular complexity index is 608. The van der Waals surface area contributed by atoms with Crippen molar-refractivity contribution in [3.63, 3.8) is 0 Å². The molecule has 2 aromatic rings. The molecule has 0 saturated carbocycles. The van der Waals surface area contributed by atoms with Crippen LogP contribution in [0.3, 0.4) is 0 Å². The van der Waals surface area contributed by atoms with Crippen LogP contribution in [0.2, 0.25) is 0 Å². The maximum Gasteiger partial charge on any atom is 0.0641 e. The lowest BCUT2D eigenvalue weighted by atomic mass is 10.2. The van der Waals surface area contributed by atoms with Gasteiger partial charge in [-0.1, -0.05) is 0 Å². The highest BCUT2D eigenvalue weighted by molar-refractivity contribution is 5.24. The highest BCUT2D eigenvalue weighted by atomic mass is 15.3. The van der Waals surface area contributed by atoms with Gasteiger partial charge in [-0.05, 0) is 47.6 Å². The lowest BCUT2D eigenvalue weighted by Gasteiger charge is -2.15. The Labute approximate surface area is 127 Å². The summed E-state index contributed by atoms with van der Waals surface area (Å²) in [6.45, 7) is 15.4. The summed E-state index contributed by atoms with van der Waals surface area (Å²) in [5, 5.41) is 12.7. The molecule has 0 aliphatic rings. The zero-order chi connectivity index (χ0) is 15.6. The van der Waals surface area contributed by atoms with E-state index in [1.54, 1.807) is 0 Å². The third kappa shape index (κ3) is 3.53. The van der Waals surface area contributed by atoms with Gasteiger partial charge in [-0.25, -0.2) is 0 Å². The Morgan fingerprint density at radius 3 is 2.38 bits per heavy atom. The summed E-state index contributed by atoms with van der Waals surface area (Å²) in [6, 6.07) is 2.48. The summed E-state index contributed by atoms with van der Waals surface area (Å²) < 4.78 is 4.14. The van der Waals surface area contributed by atoms with Crippen LogP contribution < -0.4 is 5.32 Å². The third-order valence-electron chi connectivity index (χ3n) is 4.01. The number of nitrogens with zero attached hydrogens (tertiary/aromatic N) is 4. The minimum absolute atomic E-state index is 0.367. The molecule has 0 fully saturated rings. The fraction of sp³-hybridized carbons (Fsp3) is 0.625.